The van der Waals surface area contributed by atoms with Crippen molar-refractivity contribution in [3.05, 3.63) is 64.5 Å². The van der Waals surface area contributed by atoms with Crippen LogP contribution in [0, 0.1) is 0 Å². The van der Waals surface area contributed by atoms with Gasteiger partial charge in [0.05, 0.1) is 25.0 Å². The van der Waals surface area contributed by atoms with E-state index in [1.165, 1.54) is 4.68 Å². The molecule has 0 bridgehead atoms. The molecule has 0 aliphatic carbocycles. The minimum atomic E-state index is -0.579. The Morgan fingerprint density at radius 3 is 2.50 bits per heavy atom. The van der Waals surface area contributed by atoms with Gasteiger partial charge in [-0.1, -0.05) is 13.3 Å². The lowest BCUT2D eigenvalue weighted by molar-refractivity contribution is -0.704. The number of nitrogens with one attached hydrogen (secondary N) is 2. The number of aromatic amines is 1. The summed E-state index contributed by atoms with van der Waals surface area (Å²) in [5.41, 5.74) is 1.02. The molecule has 3 rings (SSSR count). The summed E-state index contributed by atoms with van der Waals surface area (Å²) in [6, 6.07) is 13.4. The molecule has 2 N–H and O–H groups in total. The lowest BCUT2D eigenvalue weighted by Crippen LogP contribution is -2.36. The van der Waals surface area contributed by atoms with Crippen molar-refractivity contribution < 1.29 is 28.3 Å². The molecule has 0 spiro atoms. The van der Waals surface area contributed by atoms with Crippen LogP contribution in [0.5, 0.6) is 5.75 Å². The second-order valence-electron chi connectivity index (χ2n) is 6.72. The van der Waals surface area contributed by atoms with Gasteiger partial charge in [-0.2, -0.15) is 0 Å². The number of esters is 1. The summed E-state index contributed by atoms with van der Waals surface area (Å²) in [6.45, 7) is 2.40. The standard InChI is InChI=1S/C22H23N3O6S/c1-3-4-13-30-21(27)15-5-7-16(8-6-15)23-19(26)14-32-20-22(28)31-24-25(20)17-9-11-18(29-2)12-10-17/h5-12H,3-4,13-14H2,1-2H3,(H-,23,24,26,27,28)/p+1. The van der Waals surface area contributed by atoms with E-state index < -0.39 is 11.6 Å². The maximum atomic E-state index is 12.4. The Balaban J connectivity index is 1.58. The average Bonchev–Trinajstić information content (AvgIpc) is 3.18. The summed E-state index contributed by atoms with van der Waals surface area (Å²) < 4.78 is 16.6. The van der Waals surface area contributed by atoms with Gasteiger partial charge >= 0.3 is 16.6 Å². The molecule has 0 atom stereocenters. The van der Waals surface area contributed by atoms with E-state index in [0.29, 0.717) is 29.3 Å². The summed E-state index contributed by atoms with van der Waals surface area (Å²) in [5, 5.41) is 5.50. The van der Waals surface area contributed by atoms with Crippen LogP contribution in [0.4, 0.5) is 5.69 Å². The number of H-pyrrole nitrogens is 1. The second-order valence-corrected chi connectivity index (χ2v) is 7.69. The van der Waals surface area contributed by atoms with Crippen molar-refractivity contribution in [1.82, 2.24) is 5.27 Å². The molecule has 0 aliphatic heterocycles. The Kier molecular flexibility index (Phi) is 8.09. The van der Waals surface area contributed by atoms with Crippen LogP contribution in [-0.4, -0.2) is 36.6 Å². The Hall–Kier alpha value is -3.53. The average molecular weight is 459 g/mol. The zero-order valence-corrected chi connectivity index (χ0v) is 18.6. The molecule has 0 saturated heterocycles. The number of carbonyl (C=O) groups excluding carboxylic acids is 2. The van der Waals surface area contributed by atoms with Crippen LogP contribution in [0.1, 0.15) is 30.1 Å². The summed E-state index contributed by atoms with van der Waals surface area (Å²) in [7, 11) is 1.56. The van der Waals surface area contributed by atoms with Gasteiger partial charge in [0.2, 0.25) is 11.6 Å². The normalized spacial score (nSPS) is 10.6. The highest BCUT2D eigenvalue weighted by Gasteiger charge is 2.25. The first-order valence-electron chi connectivity index (χ1n) is 9.99. The Labute approximate surface area is 188 Å². The first-order chi connectivity index (χ1) is 15.5. The Bertz CT molecular complexity index is 1110. The molecule has 1 amide bonds. The summed E-state index contributed by atoms with van der Waals surface area (Å²) >= 11 is 1.04. The van der Waals surface area contributed by atoms with Crippen molar-refractivity contribution in [2.75, 3.05) is 24.8 Å². The third-order valence-corrected chi connectivity index (χ3v) is 5.44. The molecule has 1 aromatic heterocycles. The molecule has 0 unspecified atom stereocenters. The second kappa shape index (κ2) is 11.2. The van der Waals surface area contributed by atoms with E-state index in [1.807, 2.05) is 6.92 Å². The number of benzene rings is 2. The zero-order chi connectivity index (χ0) is 22.9. The van der Waals surface area contributed by atoms with Crippen molar-refractivity contribution in [2.45, 2.75) is 24.8 Å². The quantitative estimate of drug-likeness (QED) is 0.208. The van der Waals surface area contributed by atoms with E-state index in [-0.39, 0.29) is 16.7 Å². The smallest absolute Gasteiger partial charge is 0.442 e. The molecule has 0 radical (unpaired) electrons. The topological polar surface area (TPSA) is 115 Å². The van der Waals surface area contributed by atoms with E-state index in [1.54, 1.807) is 55.6 Å². The predicted molar refractivity (Wildman–Crippen MR) is 118 cm³/mol. The number of hydrogen-bond acceptors (Lipinski definition) is 7. The minimum Gasteiger partial charge on any atom is -0.497 e. The van der Waals surface area contributed by atoms with Crippen LogP contribution in [0.15, 0.2) is 62.9 Å². The van der Waals surface area contributed by atoms with Gasteiger partial charge in [-0.15, -0.1) is 0 Å². The first-order valence-corrected chi connectivity index (χ1v) is 11.0. The molecule has 168 valence electrons. The number of unbranched alkanes of at least 4 members (excludes halogenated alkanes) is 1. The highest BCUT2D eigenvalue weighted by atomic mass is 32.2. The Morgan fingerprint density at radius 2 is 1.84 bits per heavy atom. The number of aromatic nitrogens is 2. The fourth-order valence-corrected chi connectivity index (χ4v) is 3.47. The van der Waals surface area contributed by atoms with Crippen LogP contribution in [-0.2, 0) is 9.53 Å². The van der Waals surface area contributed by atoms with Crippen molar-refractivity contribution in [2.24, 2.45) is 0 Å². The number of methoxy groups -OCH3 is 1. The van der Waals surface area contributed by atoms with Crippen molar-refractivity contribution in [1.29, 1.82) is 0 Å². The van der Waals surface area contributed by atoms with E-state index in [2.05, 4.69) is 10.6 Å². The van der Waals surface area contributed by atoms with Gasteiger partial charge < -0.3 is 14.8 Å². The fraction of sp³-hybridized carbons (Fsp3) is 0.273. The van der Waals surface area contributed by atoms with E-state index in [0.717, 1.165) is 24.6 Å². The monoisotopic (exact) mass is 458 g/mol. The van der Waals surface area contributed by atoms with Gasteiger partial charge in [0.25, 0.3) is 0 Å². The van der Waals surface area contributed by atoms with Gasteiger partial charge in [-0.3, -0.25) is 9.32 Å². The van der Waals surface area contributed by atoms with Crippen LogP contribution in [0.25, 0.3) is 5.69 Å². The third kappa shape index (κ3) is 6.01. The number of anilines is 1. The predicted octanol–water partition coefficient (Wildman–Crippen LogP) is 2.94. The zero-order valence-electron chi connectivity index (χ0n) is 17.8. The molecule has 0 saturated carbocycles. The van der Waals surface area contributed by atoms with Crippen molar-refractivity contribution in [3.63, 3.8) is 0 Å². The molecule has 10 heteroatoms. The van der Waals surface area contributed by atoms with E-state index in [9.17, 15) is 14.4 Å². The lowest BCUT2D eigenvalue weighted by Gasteiger charge is -2.06. The minimum absolute atomic E-state index is 0.0143. The summed E-state index contributed by atoms with van der Waals surface area (Å²) in [4.78, 5) is 36.4. The van der Waals surface area contributed by atoms with Crippen molar-refractivity contribution >= 4 is 29.3 Å². The first kappa shape index (κ1) is 23.1. The highest BCUT2D eigenvalue weighted by molar-refractivity contribution is 7.99. The van der Waals surface area contributed by atoms with Gasteiger partial charge in [0, 0.05) is 17.8 Å². The Morgan fingerprint density at radius 1 is 1.12 bits per heavy atom. The van der Waals surface area contributed by atoms with Crippen LogP contribution < -0.4 is 20.4 Å². The third-order valence-electron chi connectivity index (χ3n) is 4.41. The molecule has 9 nitrogen and oxygen atoms in total. The molecule has 0 fully saturated rings. The number of amides is 1. The molecule has 2 aromatic carbocycles. The molecule has 3 aromatic rings. The molecular weight excluding hydrogens is 434 g/mol. The maximum Gasteiger partial charge on any atom is 0.442 e. The highest BCUT2D eigenvalue weighted by Crippen LogP contribution is 2.16. The van der Waals surface area contributed by atoms with Gasteiger partial charge in [0.1, 0.15) is 5.75 Å². The van der Waals surface area contributed by atoms with Gasteiger partial charge in [-0.05, 0) is 64.5 Å². The van der Waals surface area contributed by atoms with Gasteiger partial charge in [-0.25, -0.2) is 9.59 Å². The number of ether oxygens (including phenoxy) is 2. The summed E-state index contributed by atoms with van der Waals surface area (Å²) in [5.74, 6) is -0.0436. The SMILES string of the molecule is CCCCOC(=O)c1ccc(NC(=O)CSc2c(=O)o[nH][n+]2-c2ccc(OC)cc2)cc1. The van der Waals surface area contributed by atoms with Crippen LogP contribution in [0.3, 0.4) is 0 Å². The largest absolute Gasteiger partial charge is 0.497 e. The molecule has 1 heterocycles. The number of thioether (sulfide) groups is 1. The maximum absolute atomic E-state index is 12.4. The van der Waals surface area contributed by atoms with Crippen molar-refractivity contribution in [3.8, 4) is 11.4 Å². The van der Waals surface area contributed by atoms with Crippen LogP contribution in [0.2, 0.25) is 0 Å². The molecule has 0 aliphatic rings. The number of carbonyl (C=O) groups is 2. The van der Waals surface area contributed by atoms with E-state index >= 15 is 0 Å². The fourth-order valence-electron chi connectivity index (χ4n) is 2.70. The molecule has 32 heavy (non-hydrogen) atoms. The number of rotatable bonds is 10. The van der Waals surface area contributed by atoms with Gasteiger partial charge in [0.15, 0.2) is 0 Å². The number of nitrogens with zero attached hydrogens (tertiary/aromatic N) is 1. The van der Waals surface area contributed by atoms with E-state index in [4.69, 9.17) is 14.0 Å². The lowest BCUT2D eigenvalue weighted by atomic mass is 10.2. The summed E-state index contributed by atoms with van der Waals surface area (Å²) in [6.07, 6.45) is 1.76. The number of hydrogen-bond donors (Lipinski definition) is 2. The van der Waals surface area contributed by atoms with Crippen LogP contribution >= 0.6 is 11.8 Å². The molecular formula is C22H24N3O6S+.